The number of hydrogen-bond donors (Lipinski definition) is 2. The molecule has 2 N–H and O–H groups in total. The van der Waals surface area contributed by atoms with Crippen molar-refractivity contribution in [2.24, 2.45) is 0 Å². The van der Waals surface area contributed by atoms with E-state index >= 15 is 0 Å². The van der Waals surface area contributed by atoms with Gasteiger partial charge in [0.1, 0.15) is 5.82 Å². The highest BCUT2D eigenvalue weighted by Crippen LogP contribution is 2.05. The summed E-state index contributed by atoms with van der Waals surface area (Å²) in [6, 6.07) is 0. The quantitative estimate of drug-likeness (QED) is 0.799. The van der Waals surface area contributed by atoms with Gasteiger partial charge in [0.25, 0.3) is 0 Å². The number of aromatic nitrogens is 2. The lowest BCUT2D eigenvalue weighted by molar-refractivity contribution is 0.177. The van der Waals surface area contributed by atoms with Crippen molar-refractivity contribution in [3.8, 4) is 0 Å². The number of hydrogen-bond acceptors (Lipinski definition) is 3. The first-order chi connectivity index (χ1) is 7.38. The van der Waals surface area contributed by atoms with E-state index < -0.39 is 0 Å². The SMILES string of the molecule is CC(O)CCn1ccnc1CNC(C)(C)C. The largest absolute Gasteiger partial charge is 0.393 e. The standard InChI is InChI=1S/C12H23N3O/c1-10(16)5-7-15-8-6-13-11(15)9-14-12(2,3)4/h6,8,10,14,16H,5,7,9H2,1-4H3. The molecule has 0 aliphatic carbocycles. The Kier molecular flexibility index (Phi) is 4.50. The summed E-state index contributed by atoms with van der Waals surface area (Å²) in [5.74, 6) is 1.02. The highest BCUT2D eigenvalue weighted by atomic mass is 16.3. The first kappa shape index (κ1) is 13.2. The molecule has 0 fully saturated rings. The minimum Gasteiger partial charge on any atom is -0.393 e. The van der Waals surface area contributed by atoms with E-state index in [1.807, 2.05) is 19.3 Å². The molecule has 0 saturated carbocycles. The maximum atomic E-state index is 9.25. The van der Waals surface area contributed by atoms with Gasteiger partial charge in [-0.05, 0) is 34.1 Å². The van der Waals surface area contributed by atoms with Gasteiger partial charge in [-0.15, -0.1) is 0 Å². The molecule has 0 aromatic carbocycles. The predicted molar refractivity (Wildman–Crippen MR) is 65.1 cm³/mol. The van der Waals surface area contributed by atoms with Gasteiger partial charge in [-0.1, -0.05) is 0 Å². The molecule has 1 unspecified atom stereocenters. The fraction of sp³-hybridized carbons (Fsp3) is 0.750. The minimum atomic E-state index is -0.258. The van der Waals surface area contributed by atoms with Gasteiger partial charge >= 0.3 is 0 Å². The second kappa shape index (κ2) is 5.46. The van der Waals surface area contributed by atoms with Crippen LogP contribution in [0, 0.1) is 0 Å². The van der Waals surface area contributed by atoms with Crippen molar-refractivity contribution in [2.45, 2.75) is 58.8 Å². The van der Waals surface area contributed by atoms with Gasteiger partial charge in [-0.25, -0.2) is 4.98 Å². The summed E-state index contributed by atoms with van der Waals surface area (Å²) >= 11 is 0. The Morgan fingerprint density at radius 2 is 2.19 bits per heavy atom. The number of aliphatic hydroxyl groups excluding tert-OH is 1. The van der Waals surface area contributed by atoms with Crippen molar-refractivity contribution in [1.82, 2.24) is 14.9 Å². The van der Waals surface area contributed by atoms with Crippen LogP contribution < -0.4 is 5.32 Å². The molecule has 1 atom stereocenters. The third-order valence-electron chi connectivity index (χ3n) is 2.37. The van der Waals surface area contributed by atoms with Gasteiger partial charge in [-0.3, -0.25) is 0 Å². The summed E-state index contributed by atoms with van der Waals surface area (Å²) in [5, 5.41) is 12.7. The molecule has 92 valence electrons. The van der Waals surface area contributed by atoms with Crippen LogP contribution in [0.1, 0.15) is 39.9 Å². The summed E-state index contributed by atoms with van der Waals surface area (Å²) in [7, 11) is 0. The van der Waals surface area contributed by atoms with Crippen molar-refractivity contribution in [3.63, 3.8) is 0 Å². The molecule has 1 aromatic heterocycles. The van der Waals surface area contributed by atoms with Crippen molar-refractivity contribution in [2.75, 3.05) is 0 Å². The van der Waals surface area contributed by atoms with Crippen LogP contribution >= 0.6 is 0 Å². The first-order valence-corrected chi connectivity index (χ1v) is 5.81. The van der Waals surface area contributed by atoms with Crippen LogP contribution in [0.15, 0.2) is 12.4 Å². The number of aryl methyl sites for hydroxylation is 1. The predicted octanol–water partition coefficient (Wildman–Crippen LogP) is 1.54. The first-order valence-electron chi connectivity index (χ1n) is 5.81. The van der Waals surface area contributed by atoms with E-state index in [2.05, 4.69) is 35.6 Å². The van der Waals surface area contributed by atoms with E-state index in [-0.39, 0.29) is 11.6 Å². The zero-order valence-electron chi connectivity index (χ0n) is 10.7. The molecule has 0 spiro atoms. The molecule has 0 amide bonds. The summed E-state index contributed by atoms with van der Waals surface area (Å²) in [6.07, 6.45) is 4.27. The molecule has 0 bridgehead atoms. The van der Waals surface area contributed by atoms with E-state index in [1.165, 1.54) is 0 Å². The Hall–Kier alpha value is -0.870. The van der Waals surface area contributed by atoms with Crippen LogP contribution in [-0.4, -0.2) is 26.3 Å². The highest BCUT2D eigenvalue weighted by molar-refractivity contribution is 4.93. The average molecular weight is 225 g/mol. The third-order valence-corrected chi connectivity index (χ3v) is 2.37. The fourth-order valence-electron chi connectivity index (χ4n) is 1.38. The van der Waals surface area contributed by atoms with Crippen LogP contribution in [0.5, 0.6) is 0 Å². The van der Waals surface area contributed by atoms with Crippen LogP contribution in [0.4, 0.5) is 0 Å². The minimum absolute atomic E-state index is 0.0983. The smallest absolute Gasteiger partial charge is 0.122 e. The van der Waals surface area contributed by atoms with Gasteiger partial charge in [0.05, 0.1) is 12.6 Å². The maximum absolute atomic E-state index is 9.25. The Morgan fingerprint density at radius 1 is 1.50 bits per heavy atom. The number of nitrogens with zero attached hydrogens (tertiary/aromatic N) is 2. The Labute approximate surface area is 97.7 Å². The third kappa shape index (κ3) is 4.77. The molecule has 1 heterocycles. The number of imidazole rings is 1. The van der Waals surface area contributed by atoms with Crippen molar-refractivity contribution in [3.05, 3.63) is 18.2 Å². The zero-order valence-corrected chi connectivity index (χ0v) is 10.7. The molecule has 1 rings (SSSR count). The van der Waals surface area contributed by atoms with E-state index in [4.69, 9.17) is 0 Å². The lowest BCUT2D eigenvalue weighted by Gasteiger charge is -2.20. The molecular formula is C12H23N3O. The molecule has 1 aromatic rings. The number of nitrogens with one attached hydrogen (secondary N) is 1. The molecule has 4 heteroatoms. The van der Waals surface area contributed by atoms with Crippen molar-refractivity contribution >= 4 is 0 Å². The molecular weight excluding hydrogens is 202 g/mol. The van der Waals surface area contributed by atoms with E-state index in [9.17, 15) is 5.11 Å². The monoisotopic (exact) mass is 225 g/mol. The lowest BCUT2D eigenvalue weighted by atomic mass is 10.1. The fourth-order valence-corrected chi connectivity index (χ4v) is 1.38. The van der Waals surface area contributed by atoms with Crippen LogP contribution in [0.2, 0.25) is 0 Å². The van der Waals surface area contributed by atoms with Crippen molar-refractivity contribution < 1.29 is 5.11 Å². The Bertz CT molecular complexity index is 312. The summed E-state index contributed by atoms with van der Waals surface area (Å²) in [6.45, 7) is 9.79. The lowest BCUT2D eigenvalue weighted by Crippen LogP contribution is -2.36. The average Bonchev–Trinajstić information content (AvgIpc) is 2.57. The Balaban J connectivity index is 2.50. The normalized spacial score (nSPS) is 14.1. The van der Waals surface area contributed by atoms with E-state index in [0.29, 0.717) is 0 Å². The van der Waals surface area contributed by atoms with Gasteiger partial charge in [0.15, 0.2) is 0 Å². The van der Waals surface area contributed by atoms with Gasteiger partial charge in [-0.2, -0.15) is 0 Å². The highest BCUT2D eigenvalue weighted by Gasteiger charge is 2.11. The van der Waals surface area contributed by atoms with Crippen LogP contribution in [0.3, 0.4) is 0 Å². The summed E-state index contributed by atoms with van der Waals surface area (Å²) in [4.78, 5) is 4.32. The topological polar surface area (TPSA) is 50.1 Å². The zero-order chi connectivity index (χ0) is 12.2. The molecule has 0 saturated heterocycles. The van der Waals surface area contributed by atoms with Crippen LogP contribution in [0.25, 0.3) is 0 Å². The van der Waals surface area contributed by atoms with Gasteiger partial charge in [0, 0.05) is 24.5 Å². The van der Waals surface area contributed by atoms with Gasteiger partial charge < -0.3 is 15.0 Å². The molecule has 16 heavy (non-hydrogen) atoms. The molecule has 0 aliphatic heterocycles. The molecule has 0 radical (unpaired) electrons. The molecule has 0 aliphatic rings. The van der Waals surface area contributed by atoms with Crippen molar-refractivity contribution in [1.29, 1.82) is 0 Å². The molecule has 4 nitrogen and oxygen atoms in total. The number of rotatable bonds is 5. The summed E-state index contributed by atoms with van der Waals surface area (Å²) in [5.41, 5.74) is 0.0983. The second-order valence-electron chi connectivity index (χ2n) is 5.28. The Morgan fingerprint density at radius 3 is 2.75 bits per heavy atom. The van der Waals surface area contributed by atoms with E-state index in [1.54, 1.807) is 0 Å². The second-order valence-corrected chi connectivity index (χ2v) is 5.28. The number of aliphatic hydroxyl groups is 1. The maximum Gasteiger partial charge on any atom is 0.122 e. The van der Waals surface area contributed by atoms with Gasteiger partial charge in [0.2, 0.25) is 0 Å². The summed E-state index contributed by atoms with van der Waals surface area (Å²) < 4.78 is 2.09. The van der Waals surface area contributed by atoms with Crippen LogP contribution in [-0.2, 0) is 13.1 Å². The van der Waals surface area contributed by atoms with E-state index in [0.717, 1.165) is 25.3 Å².